The van der Waals surface area contributed by atoms with Crippen LogP contribution in [0.4, 0.5) is 4.39 Å². The molecule has 204 valence electrons. The van der Waals surface area contributed by atoms with Crippen LogP contribution < -0.4 is 5.32 Å². The van der Waals surface area contributed by atoms with Crippen molar-refractivity contribution in [1.82, 2.24) is 25.0 Å². The monoisotopic (exact) mass is 529 g/mol. The number of amides is 2. The van der Waals surface area contributed by atoms with Crippen LogP contribution in [0.15, 0.2) is 79.1 Å². The molecular weight excluding hydrogens is 493 g/mol. The lowest BCUT2D eigenvalue weighted by atomic mass is 10.1. The molecule has 2 aromatic carbocycles. The number of halogens is 1. The summed E-state index contributed by atoms with van der Waals surface area (Å²) in [5, 5.41) is 3.36. The minimum atomic E-state index is -0.534. The summed E-state index contributed by atoms with van der Waals surface area (Å²) in [7, 11) is 0. The fourth-order valence-electron chi connectivity index (χ4n) is 5.60. The average Bonchev–Trinajstić information content (AvgIpc) is 3.24. The number of likely N-dealkylation sites (tertiary alicyclic amines) is 1. The van der Waals surface area contributed by atoms with E-state index in [9.17, 15) is 14.0 Å². The van der Waals surface area contributed by atoms with Crippen molar-refractivity contribution in [3.05, 3.63) is 102 Å². The second kappa shape index (κ2) is 13.0. The van der Waals surface area contributed by atoms with Gasteiger partial charge in [-0.25, -0.2) is 4.39 Å². The van der Waals surface area contributed by atoms with Crippen LogP contribution in [0.1, 0.15) is 34.3 Å². The molecule has 0 saturated carbocycles. The highest BCUT2D eigenvalue weighted by Gasteiger charge is 2.43. The molecule has 3 heterocycles. The summed E-state index contributed by atoms with van der Waals surface area (Å²) in [4.78, 5) is 37.7. The molecule has 39 heavy (non-hydrogen) atoms. The van der Waals surface area contributed by atoms with E-state index in [-0.39, 0.29) is 23.7 Å². The third kappa shape index (κ3) is 6.88. The SMILES string of the molecule is O=C(C1CC(N(CCc2ccccc2)Cc2ccc(F)cc2)CN1C(=O)c1cccnc1)N1CCCNCC1. The Labute approximate surface area is 229 Å². The van der Waals surface area contributed by atoms with Crippen LogP contribution in [0.3, 0.4) is 0 Å². The number of carbonyl (C=O) groups is 2. The first-order chi connectivity index (χ1) is 19.1. The zero-order chi connectivity index (χ0) is 27.0. The van der Waals surface area contributed by atoms with Crippen molar-refractivity contribution >= 4 is 11.8 Å². The van der Waals surface area contributed by atoms with Crippen LogP contribution in [-0.4, -0.2) is 82.9 Å². The number of rotatable bonds is 8. The van der Waals surface area contributed by atoms with E-state index in [1.165, 1.54) is 17.7 Å². The molecule has 7 nitrogen and oxygen atoms in total. The number of nitrogens with one attached hydrogen (secondary N) is 1. The van der Waals surface area contributed by atoms with E-state index in [0.717, 1.165) is 38.0 Å². The van der Waals surface area contributed by atoms with E-state index in [4.69, 9.17) is 0 Å². The Hall–Kier alpha value is -3.62. The van der Waals surface area contributed by atoms with Crippen molar-refractivity contribution in [3.8, 4) is 0 Å². The highest BCUT2D eigenvalue weighted by atomic mass is 19.1. The van der Waals surface area contributed by atoms with Crippen LogP contribution in [-0.2, 0) is 17.8 Å². The summed E-state index contributed by atoms with van der Waals surface area (Å²) in [5.74, 6) is -0.411. The zero-order valence-corrected chi connectivity index (χ0v) is 22.2. The molecule has 0 aliphatic carbocycles. The standard InChI is InChI=1S/C31H36FN5O2/c32-27-11-9-25(10-12-27)22-36(18-13-24-6-2-1-3-7-24)28-20-29(31(39)35-17-5-15-33-16-19-35)37(23-28)30(38)26-8-4-14-34-21-26/h1-4,6-12,14,21,28-29,33H,5,13,15-20,22-23H2. The molecule has 1 N–H and O–H groups in total. The molecule has 2 aliphatic heterocycles. The molecule has 2 unspecified atom stereocenters. The molecule has 8 heteroatoms. The number of pyridine rings is 1. The molecule has 0 radical (unpaired) electrons. The van der Waals surface area contributed by atoms with Gasteiger partial charge in [-0.15, -0.1) is 0 Å². The lowest BCUT2D eigenvalue weighted by Crippen LogP contribution is -2.48. The fraction of sp³-hybridized carbons (Fsp3) is 0.387. The van der Waals surface area contributed by atoms with Gasteiger partial charge in [0, 0.05) is 57.7 Å². The van der Waals surface area contributed by atoms with E-state index in [1.807, 2.05) is 35.2 Å². The van der Waals surface area contributed by atoms with Crippen LogP contribution in [0, 0.1) is 5.82 Å². The van der Waals surface area contributed by atoms with E-state index < -0.39 is 6.04 Å². The van der Waals surface area contributed by atoms with Gasteiger partial charge >= 0.3 is 0 Å². The van der Waals surface area contributed by atoms with E-state index >= 15 is 0 Å². The summed E-state index contributed by atoms with van der Waals surface area (Å²) in [6.45, 7) is 4.80. The first kappa shape index (κ1) is 27.0. The number of nitrogens with zero attached hydrogens (tertiary/aromatic N) is 4. The van der Waals surface area contributed by atoms with Crippen molar-refractivity contribution in [1.29, 1.82) is 0 Å². The van der Waals surface area contributed by atoms with Gasteiger partial charge in [0.2, 0.25) is 5.91 Å². The van der Waals surface area contributed by atoms with Crippen molar-refractivity contribution in [2.24, 2.45) is 0 Å². The van der Waals surface area contributed by atoms with Crippen LogP contribution in [0.25, 0.3) is 0 Å². The molecule has 0 spiro atoms. The quantitative estimate of drug-likeness (QED) is 0.485. The molecule has 2 saturated heterocycles. The van der Waals surface area contributed by atoms with Gasteiger partial charge in [0.25, 0.3) is 5.91 Å². The van der Waals surface area contributed by atoms with E-state index in [1.54, 1.807) is 29.4 Å². The van der Waals surface area contributed by atoms with Crippen molar-refractivity contribution < 1.29 is 14.0 Å². The molecule has 0 bridgehead atoms. The maximum atomic E-state index is 13.9. The molecule has 5 rings (SSSR count). The van der Waals surface area contributed by atoms with Gasteiger partial charge < -0.3 is 15.1 Å². The average molecular weight is 530 g/mol. The van der Waals surface area contributed by atoms with Gasteiger partial charge in [-0.3, -0.25) is 19.5 Å². The molecule has 2 fully saturated rings. The summed E-state index contributed by atoms with van der Waals surface area (Å²) >= 11 is 0. The number of aromatic nitrogens is 1. The van der Waals surface area contributed by atoms with Gasteiger partial charge in [-0.05, 0) is 61.2 Å². The van der Waals surface area contributed by atoms with Crippen molar-refractivity contribution in [2.45, 2.75) is 37.9 Å². The second-order valence-corrected chi connectivity index (χ2v) is 10.4. The van der Waals surface area contributed by atoms with Crippen molar-refractivity contribution in [3.63, 3.8) is 0 Å². The Balaban J connectivity index is 1.41. The summed E-state index contributed by atoms with van der Waals surface area (Å²) < 4.78 is 13.6. The highest BCUT2D eigenvalue weighted by Crippen LogP contribution is 2.28. The summed E-state index contributed by atoms with van der Waals surface area (Å²) in [6.07, 6.45) is 5.51. The molecular formula is C31H36FN5O2. The fourth-order valence-corrected chi connectivity index (χ4v) is 5.60. The number of hydrogen-bond acceptors (Lipinski definition) is 5. The van der Waals surface area contributed by atoms with Gasteiger partial charge in [0.1, 0.15) is 11.9 Å². The Bertz CT molecular complexity index is 1220. The highest BCUT2D eigenvalue weighted by molar-refractivity contribution is 5.97. The maximum Gasteiger partial charge on any atom is 0.256 e. The zero-order valence-electron chi connectivity index (χ0n) is 22.2. The van der Waals surface area contributed by atoms with E-state index in [2.05, 4.69) is 27.3 Å². The molecule has 3 aromatic rings. The van der Waals surface area contributed by atoms with Gasteiger partial charge in [0.15, 0.2) is 0 Å². The Morgan fingerprint density at radius 2 is 1.79 bits per heavy atom. The third-order valence-corrected chi connectivity index (χ3v) is 7.73. The maximum absolute atomic E-state index is 13.9. The van der Waals surface area contributed by atoms with Crippen LogP contribution in [0.2, 0.25) is 0 Å². The smallest absolute Gasteiger partial charge is 0.256 e. The minimum Gasteiger partial charge on any atom is -0.340 e. The van der Waals surface area contributed by atoms with Crippen LogP contribution in [0.5, 0.6) is 0 Å². The topological polar surface area (TPSA) is 68.8 Å². The Morgan fingerprint density at radius 3 is 2.56 bits per heavy atom. The Morgan fingerprint density at radius 1 is 0.974 bits per heavy atom. The number of carbonyl (C=O) groups excluding carboxylic acids is 2. The van der Waals surface area contributed by atoms with Crippen LogP contribution >= 0.6 is 0 Å². The summed E-state index contributed by atoms with van der Waals surface area (Å²) in [6, 6.07) is 19.9. The molecule has 2 amide bonds. The predicted molar refractivity (Wildman–Crippen MR) is 148 cm³/mol. The predicted octanol–water partition coefficient (Wildman–Crippen LogP) is 3.37. The number of hydrogen-bond donors (Lipinski definition) is 1. The minimum absolute atomic E-state index is 0.0153. The normalized spacial score (nSPS) is 19.7. The largest absolute Gasteiger partial charge is 0.340 e. The lowest BCUT2D eigenvalue weighted by molar-refractivity contribution is -0.135. The first-order valence-corrected chi connectivity index (χ1v) is 13.8. The molecule has 1 aromatic heterocycles. The first-order valence-electron chi connectivity index (χ1n) is 13.8. The van der Waals surface area contributed by atoms with Gasteiger partial charge in [-0.1, -0.05) is 42.5 Å². The Kier molecular flexibility index (Phi) is 8.96. The van der Waals surface area contributed by atoms with Crippen molar-refractivity contribution in [2.75, 3.05) is 39.3 Å². The van der Waals surface area contributed by atoms with Gasteiger partial charge in [-0.2, -0.15) is 0 Å². The number of benzene rings is 2. The lowest BCUT2D eigenvalue weighted by Gasteiger charge is -2.29. The summed E-state index contributed by atoms with van der Waals surface area (Å²) in [5.41, 5.74) is 2.72. The molecule has 2 atom stereocenters. The molecule has 2 aliphatic rings. The van der Waals surface area contributed by atoms with Gasteiger partial charge in [0.05, 0.1) is 5.56 Å². The third-order valence-electron chi connectivity index (χ3n) is 7.73. The van der Waals surface area contributed by atoms with E-state index in [0.29, 0.717) is 38.2 Å². The second-order valence-electron chi connectivity index (χ2n) is 10.4.